The fourth-order valence-electron chi connectivity index (χ4n) is 6.04. The molecule has 5 heterocycles. The van der Waals surface area contributed by atoms with Crippen LogP contribution in [-0.2, 0) is 30.2 Å². The predicted molar refractivity (Wildman–Crippen MR) is 185 cm³/mol. The van der Waals surface area contributed by atoms with E-state index in [2.05, 4.69) is 20.9 Å². The van der Waals surface area contributed by atoms with Gasteiger partial charge in [0.25, 0.3) is 0 Å². The number of nitrogens with zero attached hydrogens (tertiary/aromatic N) is 6. The molecule has 2 aliphatic rings. The van der Waals surface area contributed by atoms with Gasteiger partial charge in [-0.05, 0) is 93.8 Å². The van der Waals surface area contributed by atoms with Gasteiger partial charge in [-0.3, -0.25) is 4.98 Å². The van der Waals surface area contributed by atoms with Crippen molar-refractivity contribution in [2.75, 3.05) is 25.6 Å². The van der Waals surface area contributed by atoms with Gasteiger partial charge in [-0.1, -0.05) is 6.07 Å². The van der Waals surface area contributed by atoms with Gasteiger partial charge in [-0.25, -0.2) is 19.6 Å². The molecule has 268 valence electrons. The van der Waals surface area contributed by atoms with Crippen molar-refractivity contribution in [3.8, 4) is 5.75 Å². The van der Waals surface area contributed by atoms with Gasteiger partial charge in [-0.15, -0.1) is 0 Å². The zero-order chi connectivity index (χ0) is 36.2. The number of aromatic nitrogens is 4. The number of fused-ring (bicyclic) bond motifs is 3. The quantitative estimate of drug-likeness (QED) is 0.218. The molecule has 0 spiro atoms. The first-order chi connectivity index (χ1) is 23.4. The van der Waals surface area contributed by atoms with E-state index < -0.39 is 53.7 Å². The van der Waals surface area contributed by atoms with E-state index in [0.717, 1.165) is 28.0 Å². The number of rotatable bonds is 7. The smallest absolute Gasteiger partial charge is 0.425 e. The molecule has 14 nitrogen and oxygen atoms in total. The molecule has 6 rings (SSSR count). The van der Waals surface area contributed by atoms with Crippen molar-refractivity contribution >= 4 is 39.9 Å². The Kier molecular flexibility index (Phi) is 9.27. The van der Waals surface area contributed by atoms with Crippen molar-refractivity contribution in [2.24, 2.45) is 0 Å². The standard InChI is InChI=1S/C36H46N6O8/c1-34(2,3)49-32(43)42(33(44)50-35(4,5)6)30-24-15-16-41(29(24)37-20-38-30)31-28-27(47-36(7,8)48-28)26(46-31)19-45-23-14-12-21-11-13-22(18-40(9)10)39-25(21)17-23/h11-17,20,26-28,31H,18-19H2,1-10H3/t26-,27-,28-,31-/m1/s1. The highest BCUT2D eigenvalue weighted by molar-refractivity contribution is 6.13. The number of carbonyl (C=O) groups is 2. The van der Waals surface area contributed by atoms with E-state index in [1.165, 1.54) is 6.33 Å². The van der Waals surface area contributed by atoms with Crippen LogP contribution in [0, 0.1) is 0 Å². The first-order valence-corrected chi connectivity index (χ1v) is 16.6. The number of ether oxygens (including phenoxy) is 6. The summed E-state index contributed by atoms with van der Waals surface area (Å²) in [7, 11) is 4.02. The number of hydrogen-bond acceptors (Lipinski definition) is 12. The molecule has 1 aromatic carbocycles. The number of imide groups is 1. The van der Waals surface area contributed by atoms with Crippen LogP contribution in [0.15, 0.2) is 48.9 Å². The van der Waals surface area contributed by atoms with E-state index in [-0.39, 0.29) is 12.4 Å². The summed E-state index contributed by atoms with van der Waals surface area (Å²) < 4.78 is 38.5. The molecule has 3 aromatic heterocycles. The number of anilines is 1. The fraction of sp³-hybridized carbons (Fsp3) is 0.528. The number of pyridine rings is 1. The van der Waals surface area contributed by atoms with Crippen LogP contribution in [0.5, 0.6) is 5.75 Å². The Labute approximate surface area is 291 Å². The van der Waals surface area contributed by atoms with Gasteiger partial charge in [0.05, 0.1) is 16.6 Å². The topological polar surface area (TPSA) is 140 Å². The van der Waals surface area contributed by atoms with Crippen molar-refractivity contribution in [3.63, 3.8) is 0 Å². The lowest BCUT2D eigenvalue weighted by Crippen LogP contribution is -2.44. The third-order valence-electron chi connectivity index (χ3n) is 7.87. The van der Waals surface area contributed by atoms with E-state index >= 15 is 0 Å². The van der Waals surface area contributed by atoms with Crippen molar-refractivity contribution in [3.05, 3.63) is 54.6 Å². The molecular weight excluding hydrogens is 644 g/mol. The third-order valence-corrected chi connectivity index (χ3v) is 7.87. The molecule has 0 N–H and O–H groups in total. The minimum absolute atomic E-state index is 0.00857. The lowest BCUT2D eigenvalue weighted by Gasteiger charge is -2.28. The molecule has 2 amide bonds. The fourth-order valence-corrected chi connectivity index (χ4v) is 6.04. The summed E-state index contributed by atoms with van der Waals surface area (Å²) in [5.74, 6) is -0.213. The Balaban J connectivity index is 1.28. The average molecular weight is 691 g/mol. The van der Waals surface area contributed by atoms with E-state index in [1.54, 1.807) is 58.4 Å². The summed E-state index contributed by atoms with van der Waals surface area (Å²) in [4.78, 5) is 43.4. The first-order valence-electron chi connectivity index (χ1n) is 16.6. The molecule has 14 heteroatoms. The van der Waals surface area contributed by atoms with Crippen molar-refractivity contribution in [1.29, 1.82) is 0 Å². The summed E-state index contributed by atoms with van der Waals surface area (Å²) in [6.07, 6.45) is -0.997. The predicted octanol–water partition coefficient (Wildman–Crippen LogP) is 6.21. The highest BCUT2D eigenvalue weighted by Crippen LogP contribution is 2.44. The Hall–Kier alpha value is -4.37. The number of amides is 2. The van der Waals surface area contributed by atoms with Gasteiger partial charge in [0.1, 0.15) is 53.8 Å². The van der Waals surface area contributed by atoms with Gasteiger partial charge in [0, 0.05) is 24.2 Å². The highest BCUT2D eigenvalue weighted by atomic mass is 16.8. The van der Waals surface area contributed by atoms with Crippen LogP contribution in [0.2, 0.25) is 0 Å². The van der Waals surface area contributed by atoms with Gasteiger partial charge in [0.2, 0.25) is 0 Å². The molecule has 0 bridgehead atoms. The molecule has 4 atom stereocenters. The Bertz CT molecular complexity index is 1870. The molecule has 4 aromatic rings. The molecule has 2 aliphatic heterocycles. The Morgan fingerprint density at radius 1 is 0.920 bits per heavy atom. The van der Waals surface area contributed by atoms with Crippen LogP contribution in [-0.4, -0.2) is 92.6 Å². The van der Waals surface area contributed by atoms with Gasteiger partial charge < -0.3 is 37.9 Å². The van der Waals surface area contributed by atoms with Crippen molar-refractivity contribution in [2.45, 2.75) is 103 Å². The normalized spacial score (nSPS) is 21.8. The van der Waals surface area contributed by atoms with E-state index in [0.29, 0.717) is 16.8 Å². The maximum absolute atomic E-state index is 13.4. The second kappa shape index (κ2) is 13.1. The lowest BCUT2D eigenvalue weighted by atomic mass is 10.1. The van der Waals surface area contributed by atoms with Crippen molar-refractivity contribution in [1.82, 2.24) is 24.4 Å². The second-order valence-electron chi connectivity index (χ2n) is 15.3. The zero-order valence-corrected chi connectivity index (χ0v) is 30.3. The van der Waals surface area contributed by atoms with Gasteiger partial charge in [0.15, 0.2) is 17.8 Å². The van der Waals surface area contributed by atoms with Gasteiger partial charge >= 0.3 is 12.2 Å². The van der Waals surface area contributed by atoms with E-state index in [1.807, 2.05) is 52.2 Å². The monoisotopic (exact) mass is 690 g/mol. The summed E-state index contributed by atoms with van der Waals surface area (Å²) in [6, 6.07) is 11.6. The largest absolute Gasteiger partial charge is 0.491 e. The number of hydrogen-bond donors (Lipinski definition) is 0. The van der Waals surface area contributed by atoms with Crippen LogP contribution in [0.4, 0.5) is 15.4 Å². The summed E-state index contributed by atoms with van der Waals surface area (Å²) in [6.45, 7) is 14.9. The maximum Gasteiger partial charge on any atom is 0.425 e. The molecule has 2 fully saturated rings. The number of carbonyl (C=O) groups excluding carboxylic acids is 2. The minimum Gasteiger partial charge on any atom is -0.491 e. The summed E-state index contributed by atoms with van der Waals surface area (Å²) in [5, 5.41) is 1.42. The van der Waals surface area contributed by atoms with E-state index in [4.69, 9.17) is 33.4 Å². The minimum atomic E-state index is -0.930. The molecule has 0 aliphatic carbocycles. The summed E-state index contributed by atoms with van der Waals surface area (Å²) >= 11 is 0. The zero-order valence-electron chi connectivity index (χ0n) is 30.3. The molecular formula is C36H46N6O8. The van der Waals surface area contributed by atoms with Crippen LogP contribution in [0.3, 0.4) is 0 Å². The van der Waals surface area contributed by atoms with E-state index in [9.17, 15) is 9.59 Å². The first kappa shape index (κ1) is 35.5. The van der Waals surface area contributed by atoms with Gasteiger partial charge in [-0.2, -0.15) is 4.90 Å². The lowest BCUT2D eigenvalue weighted by molar-refractivity contribution is -0.198. The number of benzene rings is 1. The van der Waals surface area contributed by atoms with Crippen LogP contribution >= 0.6 is 0 Å². The third kappa shape index (κ3) is 7.68. The van der Waals surface area contributed by atoms with Crippen LogP contribution < -0.4 is 9.64 Å². The molecule has 50 heavy (non-hydrogen) atoms. The van der Waals surface area contributed by atoms with Crippen LogP contribution in [0.1, 0.15) is 67.3 Å². The molecule has 0 radical (unpaired) electrons. The van der Waals surface area contributed by atoms with Crippen LogP contribution in [0.25, 0.3) is 21.9 Å². The molecule has 0 saturated carbocycles. The molecule has 0 unspecified atom stereocenters. The SMILES string of the molecule is CN(C)Cc1ccc2ccc(OC[C@H]3O[C@@H](n4ccc5c(N(C(=O)OC(C)(C)C)C(=O)OC(C)(C)C)ncnc54)[C@@H]4OC(C)(C)O[C@@H]43)cc2n1. The Morgan fingerprint density at radius 3 is 2.24 bits per heavy atom. The summed E-state index contributed by atoms with van der Waals surface area (Å²) in [5.41, 5.74) is 0.441. The average Bonchev–Trinajstić information content (AvgIpc) is 3.64. The second-order valence-corrected chi connectivity index (χ2v) is 15.3. The van der Waals surface area contributed by atoms with Crippen molar-refractivity contribution < 1.29 is 38.0 Å². The molecule has 2 saturated heterocycles. The maximum atomic E-state index is 13.4. The highest BCUT2D eigenvalue weighted by Gasteiger charge is 2.56. The Morgan fingerprint density at radius 2 is 1.58 bits per heavy atom.